The van der Waals surface area contributed by atoms with Crippen molar-refractivity contribution in [2.24, 2.45) is 5.92 Å². The molecule has 0 spiro atoms. The first-order valence-corrected chi connectivity index (χ1v) is 7.28. The Bertz CT molecular complexity index is 417. The highest BCUT2D eigenvalue weighted by molar-refractivity contribution is 5.40. The van der Waals surface area contributed by atoms with Crippen LogP contribution >= 0.6 is 0 Å². The molecule has 2 rings (SSSR count). The van der Waals surface area contributed by atoms with E-state index in [4.69, 9.17) is 4.74 Å². The van der Waals surface area contributed by atoms with Gasteiger partial charge in [-0.25, -0.2) is 0 Å². The minimum atomic E-state index is 0.148. The number of nitrogens with one attached hydrogen (secondary N) is 1. The summed E-state index contributed by atoms with van der Waals surface area (Å²) in [7, 11) is 0. The van der Waals surface area contributed by atoms with Crippen molar-refractivity contribution < 1.29 is 9.84 Å². The Hall–Kier alpha value is -1.06. The van der Waals surface area contributed by atoms with Gasteiger partial charge in [-0.05, 0) is 29.5 Å². The van der Waals surface area contributed by atoms with Crippen LogP contribution in [0.1, 0.15) is 44.4 Å². The first-order valence-electron chi connectivity index (χ1n) is 7.28. The van der Waals surface area contributed by atoms with E-state index in [-0.39, 0.29) is 12.6 Å². The molecule has 2 atom stereocenters. The van der Waals surface area contributed by atoms with Crippen LogP contribution in [0.5, 0.6) is 5.75 Å². The maximum Gasteiger partial charge on any atom is 0.122 e. The van der Waals surface area contributed by atoms with Crippen LogP contribution < -0.4 is 10.1 Å². The van der Waals surface area contributed by atoms with E-state index in [1.807, 2.05) is 0 Å². The Morgan fingerprint density at radius 3 is 2.79 bits per heavy atom. The zero-order valence-electron chi connectivity index (χ0n) is 12.1. The van der Waals surface area contributed by atoms with Crippen molar-refractivity contribution in [1.82, 2.24) is 5.32 Å². The number of ether oxygens (including phenoxy) is 1. The van der Waals surface area contributed by atoms with E-state index in [9.17, 15) is 5.11 Å². The lowest BCUT2D eigenvalue weighted by molar-refractivity contribution is 0.198. The summed E-state index contributed by atoms with van der Waals surface area (Å²) in [6, 6.07) is 6.91. The molecule has 19 heavy (non-hydrogen) atoms. The second-order valence-corrected chi connectivity index (χ2v) is 5.63. The summed E-state index contributed by atoms with van der Waals surface area (Å²) in [6.07, 6.45) is 2.02. The summed E-state index contributed by atoms with van der Waals surface area (Å²) in [5, 5.41) is 13.0. The topological polar surface area (TPSA) is 41.5 Å². The van der Waals surface area contributed by atoms with Gasteiger partial charge in [0.15, 0.2) is 0 Å². The molecule has 0 amide bonds. The smallest absolute Gasteiger partial charge is 0.122 e. The first-order chi connectivity index (χ1) is 9.15. The molecule has 0 aromatic heterocycles. The predicted molar refractivity (Wildman–Crippen MR) is 77.5 cm³/mol. The third-order valence-electron chi connectivity index (χ3n) is 3.94. The molecule has 0 saturated heterocycles. The summed E-state index contributed by atoms with van der Waals surface area (Å²) in [5.74, 6) is 1.46. The molecule has 1 unspecified atom stereocenters. The third kappa shape index (κ3) is 3.28. The summed E-state index contributed by atoms with van der Waals surface area (Å²) in [6.45, 7) is 7.43. The highest BCUT2D eigenvalue weighted by Crippen LogP contribution is 2.29. The Morgan fingerprint density at radius 2 is 2.16 bits per heavy atom. The van der Waals surface area contributed by atoms with E-state index in [1.54, 1.807) is 0 Å². The van der Waals surface area contributed by atoms with Crippen molar-refractivity contribution in [3.05, 3.63) is 29.3 Å². The Balaban J connectivity index is 2.13. The molecule has 1 heterocycles. The van der Waals surface area contributed by atoms with Crippen LogP contribution in [-0.4, -0.2) is 24.4 Å². The first kappa shape index (κ1) is 14.4. The standard InChI is InChI=1S/C16H25NO2/c1-4-14(17-15(10-18)11(2)3)12-5-6-16-13(9-12)7-8-19-16/h5-6,9,11,14-15,17-18H,4,7-8,10H2,1-3H3/t14?,15-/m1/s1. The molecule has 1 aromatic carbocycles. The van der Waals surface area contributed by atoms with Crippen LogP contribution in [0.4, 0.5) is 0 Å². The van der Waals surface area contributed by atoms with E-state index < -0.39 is 0 Å². The fourth-order valence-electron chi connectivity index (χ4n) is 2.59. The van der Waals surface area contributed by atoms with Crippen LogP contribution in [0, 0.1) is 5.92 Å². The van der Waals surface area contributed by atoms with Crippen LogP contribution in [0.15, 0.2) is 18.2 Å². The Kier molecular flexibility index (Phi) is 4.83. The van der Waals surface area contributed by atoms with Gasteiger partial charge in [-0.3, -0.25) is 0 Å². The highest BCUT2D eigenvalue weighted by Gasteiger charge is 2.20. The Morgan fingerprint density at radius 1 is 1.37 bits per heavy atom. The van der Waals surface area contributed by atoms with E-state index in [2.05, 4.69) is 44.3 Å². The largest absolute Gasteiger partial charge is 0.493 e. The van der Waals surface area contributed by atoms with Gasteiger partial charge in [0.1, 0.15) is 5.75 Å². The molecule has 2 N–H and O–H groups in total. The normalized spacial score (nSPS) is 17.1. The predicted octanol–water partition coefficient (Wildman–Crippen LogP) is 2.68. The van der Waals surface area contributed by atoms with Gasteiger partial charge in [-0.15, -0.1) is 0 Å². The molecule has 0 fully saturated rings. The van der Waals surface area contributed by atoms with Crippen LogP contribution in [0.3, 0.4) is 0 Å². The van der Waals surface area contributed by atoms with Gasteiger partial charge in [-0.2, -0.15) is 0 Å². The number of benzene rings is 1. The van der Waals surface area contributed by atoms with Crippen molar-refractivity contribution in [3.8, 4) is 5.75 Å². The maximum absolute atomic E-state index is 9.46. The molecular formula is C16H25NO2. The van der Waals surface area contributed by atoms with Gasteiger partial charge < -0.3 is 15.2 Å². The highest BCUT2D eigenvalue weighted by atomic mass is 16.5. The van der Waals surface area contributed by atoms with Gasteiger partial charge in [0, 0.05) is 18.5 Å². The number of hydrogen-bond donors (Lipinski definition) is 2. The van der Waals surface area contributed by atoms with Crippen LogP contribution in [-0.2, 0) is 6.42 Å². The van der Waals surface area contributed by atoms with Crippen molar-refractivity contribution >= 4 is 0 Å². The average Bonchev–Trinajstić information content (AvgIpc) is 2.86. The third-order valence-corrected chi connectivity index (χ3v) is 3.94. The van der Waals surface area contributed by atoms with Crippen molar-refractivity contribution in [2.75, 3.05) is 13.2 Å². The fraction of sp³-hybridized carbons (Fsp3) is 0.625. The van der Waals surface area contributed by atoms with E-state index in [0.29, 0.717) is 12.0 Å². The molecular weight excluding hydrogens is 238 g/mol. The summed E-state index contributed by atoms with van der Waals surface area (Å²) in [4.78, 5) is 0. The molecule has 3 nitrogen and oxygen atoms in total. The number of fused-ring (bicyclic) bond motifs is 1. The van der Waals surface area contributed by atoms with Crippen molar-refractivity contribution in [1.29, 1.82) is 0 Å². The number of aliphatic hydroxyl groups excluding tert-OH is 1. The number of rotatable bonds is 6. The van der Waals surface area contributed by atoms with E-state index >= 15 is 0 Å². The minimum absolute atomic E-state index is 0.148. The molecule has 0 bridgehead atoms. The van der Waals surface area contributed by atoms with Crippen LogP contribution in [0.25, 0.3) is 0 Å². The van der Waals surface area contributed by atoms with Crippen molar-refractivity contribution in [2.45, 2.75) is 45.7 Å². The molecule has 0 aliphatic carbocycles. The fourth-order valence-corrected chi connectivity index (χ4v) is 2.59. The lowest BCUT2D eigenvalue weighted by Crippen LogP contribution is -2.39. The van der Waals surface area contributed by atoms with Gasteiger partial charge in [0.2, 0.25) is 0 Å². The molecule has 1 aliphatic rings. The van der Waals surface area contributed by atoms with E-state index in [0.717, 1.165) is 25.2 Å². The molecule has 0 saturated carbocycles. The molecule has 1 aliphatic heterocycles. The summed E-state index contributed by atoms with van der Waals surface area (Å²) >= 11 is 0. The summed E-state index contributed by atoms with van der Waals surface area (Å²) < 4.78 is 5.55. The molecule has 3 heteroatoms. The quantitative estimate of drug-likeness (QED) is 0.829. The summed E-state index contributed by atoms with van der Waals surface area (Å²) in [5.41, 5.74) is 2.61. The van der Waals surface area contributed by atoms with Crippen LogP contribution in [0.2, 0.25) is 0 Å². The molecule has 0 radical (unpaired) electrons. The SMILES string of the molecule is CCC(N[C@H](CO)C(C)C)c1ccc2c(c1)CCO2. The zero-order chi connectivity index (χ0) is 13.8. The molecule has 1 aromatic rings. The van der Waals surface area contributed by atoms with Crippen molar-refractivity contribution in [3.63, 3.8) is 0 Å². The zero-order valence-corrected chi connectivity index (χ0v) is 12.1. The lowest BCUT2D eigenvalue weighted by Gasteiger charge is -2.27. The van der Waals surface area contributed by atoms with Gasteiger partial charge in [0.05, 0.1) is 13.2 Å². The van der Waals surface area contributed by atoms with Gasteiger partial charge in [-0.1, -0.05) is 32.9 Å². The van der Waals surface area contributed by atoms with Gasteiger partial charge >= 0.3 is 0 Å². The second kappa shape index (κ2) is 6.40. The Labute approximate surface area is 116 Å². The average molecular weight is 263 g/mol. The lowest BCUT2D eigenvalue weighted by atomic mass is 9.97. The second-order valence-electron chi connectivity index (χ2n) is 5.63. The molecule has 106 valence electrons. The minimum Gasteiger partial charge on any atom is -0.493 e. The monoisotopic (exact) mass is 263 g/mol. The maximum atomic E-state index is 9.46. The number of aliphatic hydroxyl groups is 1. The number of hydrogen-bond acceptors (Lipinski definition) is 3. The van der Waals surface area contributed by atoms with E-state index in [1.165, 1.54) is 11.1 Å². The van der Waals surface area contributed by atoms with Gasteiger partial charge in [0.25, 0.3) is 0 Å².